The predicted octanol–water partition coefficient (Wildman–Crippen LogP) is 2.51. The van der Waals surface area contributed by atoms with Gasteiger partial charge in [-0.25, -0.2) is 0 Å². The van der Waals surface area contributed by atoms with Crippen LogP contribution in [0.3, 0.4) is 0 Å². The van der Waals surface area contributed by atoms with Gasteiger partial charge in [0.2, 0.25) is 0 Å². The topological polar surface area (TPSA) is 40.5 Å². The number of carbonyl (C=O) groups is 1. The van der Waals surface area contributed by atoms with Crippen molar-refractivity contribution >= 4 is 44.4 Å². The Morgan fingerprint density at radius 3 is 2.81 bits per heavy atom. The lowest BCUT2D eigenvalue weighted by molar-refractivity contribution is 0.0681. The molecule has 0 heterocycles. The van der Waals surface area contributed by atoms with Crippen molar-refractivity contribution in [2.24, 2.45) is 0 Å². The molecule has 1 N–H and O–H groups in total. The van der Waals surface area contributed by atoms with Crippen LogP contribution in [0.2, 0.25) is 0 Å². The van der Waals surface area contributed by atoms with E-state index in [1.165, 1.54) is 4.90 Å². The van der Waals surface area contributed by atoms with E-state index in [-0.39, 0.29) is 18.6 Å². The molecule has 0 aliphatic rings. The van der Waals surface area contributed by atoms with Gasteiger partial charge in [0.15, 0.2) is 0 Å². The summed E-state index contributed by atoms with van der Waals surface area (Å²) < 4.78 is 1.78. The van der Waals surface area contributed by atoms with Gasteiger partial charge in [-0.15, -0.1) is 0 Å². The summed E-state index contributed by atoms with van der Waals surface area (Å²) in [4.78, 5) is 13.6. The Morgan fingerprint density at radius 2 is 2.25 bits per heavy atom. The van der Waals surface area contributed by atoms with Crippen molar-refractivity contribution in [3.05, 3.63) is 31.8 Å². The van der Waals surface area contributed by atoms with E-state index in [4.69, 9.17) is 5.11 Å². The monoisotopic (exact) mass is 397 g/mol. The van der Waals surface area contributed by atoms with E-state index >= 15 is 0 Å². The molecule has 0 radical (unpaired) electrons. The van der Waals surface area contributed by atoms with Crippen LogP contribution in [0, 0.1) is 3.57 Å². The average molecular weight is 398 g/mol. The highest BCUT2D eigenvalue weighted by atomic mass is 127. The summed E-state index contributed by atoms with van der Waals surface area (Å²) in [5.74, 6) is -0.0908. The highest BCUT2D eigenvalue weighted by molar-refractivity contribution is 14.1. The van der Waals surface area contributed by atoms with Crippen molar-refractivity contribution in [1.82, 2.24) is 4.90 Å². The number of nitrogens with zero attached hydrogens (tertiary/aromatic N) is 1. The molecule has 1 aromatic rings. The van der Waals surface area contributed by atoms with Crippen LogP contribution < -0.4 is 0 Å². The van der Waals surface area contributed by atoms with E-state index in [0.29, 0.717) is 5.56 Å². The maximum Gasteiger partial charge on any atom is 0.255 e. The summed E-state index contributed by atoms with van der Waals surface area (Å²) in [5.41, 5.74) is 0.620. The zero-order valence-electron chi connectivity index (χ0n) is 9.08. The van der Waals surface area contributed by atoms with Gasteiger partial charge in [0.25, 0.3) is 5.91 Å². The molecular weight excluding hydrogens is 385 g/mol. The molecule has 0 aromatic heterocycles. The first-order valence-electron chi connectivity index (χ1n) is 4.80. The van der Waals surface area contributed by atoms with Crippen LogP contribution in [0.1, 0.15) is 17.3 Å². The first-order valence-corrected chi connectivity index (χ1v) is 6.67. The molecule has 16 heavy (non-hydrogen) atoms. The van der Waals surface area contributed by atoms with Crippen LogP contribution in [0.5, 0.6) is 0 Å². The first-order chi connectivity index (χ1) is 7.47. The van der Waals surface area contributed by atoms with Crippen molar-refractivity contribution in [3.63, 3.8) is 0 Å². The maximum absolute atomic E-state index is 12.1. The van der Waals surface area contributed by atoms with Crippen molar-refractivity contribution in [1.29, 1.82) is 0 Å². The van der Waals surface area contributed by atoms with Gasteiger partial charge in [-0.3, -0.25) is 4.79 Å². The second-order valence-corrected chi connectivity index (χ2v) is 5.67. The zero-order valence-corrected chi connectivity index (χ0v) is 12.8. The van der Waals surface area contributed by atoms with Crippen molar-refractivity contribution in [2.75, 3.05) is 13.7 Å². The summed E-state index contributed by atoms with van der Waals surface area (Å²) in [5, 5.41) is 9.02. The predicted molar refractivity (Wildman–Crippen MR) is 75.5 cm³/mol. The lowest BCUT2D eigenvalue weighted by Gasteiger charge is -2.23. The summed E-state index contributed by atoms with van der Waals surface area (Å²) in [6.45, 7) is 1.77. The number of halogens is 2. The number of hydrogen-bond acceptors (Lipinski definition) is 2. The van der Waals surface area contributed by atoms with E-state index in [0.717, 1.165) is 8.04 Å². The fourth-order valence-corrected chi connectivity index (χ4v) is 2.08. The second kappa shape index (κ2) is 5.97. The van der Waals surface area contributed by atoms with Gasteiger partial charge in [0, 0.05) is 15.1 Å². The molecule has 1 amide bonds. The second-order valence-electron chi connectivity index (χ2n) is 3.57. The smallest absolute Gasteiger partial charge is 0.255 e. The van der Waals surface area contributed by atoms with Gasteiger partial charge in [0.05, 0.1) is 18.2 Å². The minimum Gasteiger partial charge on any atom is -0.394 e. The number of hydrogen-bond donors (Lipinski definition) is 1. The molecule has 1 aromatic carbocycles. The molecular formula is C11H13BrINO2. The Morgan fingerprint density at radius 1 is 1.62 bits per heavy atom. The maximum atomic E-state index is 12.1. The lowest BCUT2D eigenvalue weighted by atomic mass is 10.2. The Balaban J connectivity index is 3.00. The van der Waals surface area contributed by atoms with Crippen LogP contribution in [0.15, 0.2) is 22.7 Å². The zero-order chi connectivity index (χ0) is 12.3. The Bertz CT molecular complexity index is 398. The third-order valence-corrected chi connectivity index (χ3v) is 3.77. The number of likely N-dealkylation sites (N-methyl/N-ethyl adjacent to an activating group) is 1. The number of aliphatic hydroxyl groups is 1. The molecule has 3 nitrogen and oxygen atoms in total. The first kappa shape index (κ1) is 13.9. The molecule has 0 aliphatic heterocycles. The van der Waals surface area contributed by atoms with E-state index in [1.54, 1.807) is 14.0 Å². The third-order valence-electron chi connectivity index (χ3n) is 2.40. The van der Waals surface area contributed by atoms with E-state index < -0.39 is 0 Å². The molecule has 0 aliphatic carbocycles. The summed E-state index contributed by atoms with van der Waals surface area (Å²) >= 11 is 5.52. The van der Waals surface area contributed by atoms with Crippen molar-refractivity contribution in [2.45, 2.75) is 13.0 Å². The Kier molecular flexibility index (Phi) is 5.20. The number of benzene rings is 1. The SMILES string of the molecule is CC(CO)N(C)C(=O)c1cc(I)ccc1Br. The van der Waals surface area contributed by atoms with Gasteiger partial charge in [-0.1, -0.05) is 0 Å². The third kappa shape index (κ3) is 3.18. The molecule has 0 fully saturated rings. The molecule has 0 bridgehead atoms. The highest BCUT2D eigenvalue weighted by Gasteiger charge is 2.19. The van der Waals surface area contributed by atoms with E-state index in [2.05, 4.69) is 38.5 Å². The van der Waals surface area contributed by atoms with Crippen LogP contribution in [-0.4, -0.2) is 35.6 Å². The van der Waals surface area contributed by atoms with E-state index in [1.807, 2.05) is 18.2 Å². The number of rotatable bonds is 3. The van der Waals surface area contributed by atoms with Gasteiger partial charge >= 0.3 is 0 Å². The van der Waals surface area contributed by atoms with Crippen LogP contribution in [-0.2, 0) is 0 Å². The number of amides is 1. The quantitative estimate of drug-likeness (QED) is 0.796. The molecule has 1 unspecified atom stereocenters. The van der Waals surface area contributed by atoms with Crippen LogP contribution in [0.4, 0.5) is 0 Å². The Labute approximate surface area is 117 Å². The molecule has 0 spiro atoms. The van der Waals surface area contributed by atoms with E-state index in [9.17, 15) is 4.79 Å². The Hall–Kier alpha value is -0.140. The van der Waals surface area contributed by atoms with Gasteiger partial charge in [-0.2, -0.15) is 0 Å². The molecule has 0 saturated heterocycles. The minimum absolute atomic E-state index is 0.0379. The molecule has 88 valence electrons. The van der Waals surface area contributed by atoms with Crippen LogP contribution >= 0.6 is 38.5 Å². The largest absolute Gasteiger partial charge is 0.394 e. The van der Waals surface area contributed by atoms with Crippen molar-refractivity contribution < 1.29 is 9.90 Å². The average Bonchev–Trinajstić information content (AvgIpc) is 2.29. The minimum atomic E-state index is -0.183. The standard InChI is InChI=1S/C11H13BrINO2/c1-7(6-15)14(2)11(16)9-5-8(13)3-4-10(9)12/h3-5,7,15H,6H2,1-2H3. The van der Waals surface area contributed by atoms with Gasteiger partial charge in [0.1, 0.15) is 0 Å². The number of carbonyl (C=O) groups excluding carboxylic acids is 1. The number of aliphatic hydroxyl groups excluding tert-OH is 1. The summed E-state index contributed by atoms with van der Waals surface area (Å²) in [6, 6.07) is 5.42. The highest BCUT2D eigenvalue weighted by Crippen LogP contribution is 2.21. The molecule has 0 saturated carbocycles. The fourth-order valence-electron chi connectivity index (χ4n) is 1.17. The van der Waals surface area contributed by atoms with Crippen LogP contribution in [0.25, 0.3) is 0 Å². The van der Waals surface area contributed by atoms with Gasteiger partial charge in [-0.05, 0) is 63.6 Å². The lowest BCUT2D eigenvalue weighted by Crippen LogP contribution is -2.37. The summed E-state index contributed by atoms with van der Waals surface area (Å²) in [6.07, 6.45) is 0. The fraction of sp³-hybridized carbons (Fsp3) is 0.364. The van der Waals surface area contributed by atoms with Gasteiger partial charge < -0.3 is 10.0 Å². The molecule has 5 heteroatoms. The summed E-state index contributed by atoms with van der Waals surface area (Å²) in [7, 11) is 1.69. The molecule has 1 atom stereocenters. The normalized spacial score (nSPS) is 12.3. The van der Waals surface area contributed by atoms with Crippen molar-refractivity contribution in [3.8, 4) is 0 Å². The molecule has 1 rings (SSSR count).